The summed E-state index contributed by atoms with van der Waals surface area (Å²) in [6, 6.07) is 4.59. The molecule has 1 saturated heterocycles. The average molecular weight is 479 g/mol. The molecule has 2 aromatic rings. The second-order valence-electron chi connectivity index (χ2n) is 9.20. The van der Waals surface area contributed by atoms with Crippen LogP contribution in [0.4, 0.5) is 13.2 Å². The second kappa shape index (κ2) is 11.6. The van der Waals surface area contributed by atoms with Crippen LogP contribution in [0, 0.1) is 5.92 Å². The Morgan fingerprint density at radius 2 is 1.82 bits per heavy atom. The number of hydrogen-bond acceptors (Lipinski definition) is 4. The number of carbonyl (C=O) groups is 2. The number of alkyl halides is 3. The Kier molecular flexibility index (Phi) is 8.88. The molecule has 6 nitrogen and oxygen atoms in total. The number of unbranched alkanes of at least 4 members (excludes halogenated alkanes) is 2. The summed E-state index contributed by atoms with van der Waals surface area (Å²) >= 11 is 0. The number of nitrogens with one attached hydrogen (secondary N) is 2. The summed E-state index contributed by atoms with van der Waals surface area (Å²) in [6.07, 6.45) is 2.52. The lowest BCUT2D eigenvalue weighted by Crippen LogP contribution is -2.40. The molecule has 34 heavy (non-hydrogen) atoms. The van der Waals surface area contributed by atoms with E-state index in [0.717, 1.165) is 57.3 Å². The standard InChI is InChI=1S/C25H33F3N4O2/c1-17(33)6-4-3-5-7-21(31-24(34)19-12-14-32(2)15-13-19)23-29-16-22(30-23)18-8-10-20(11-9-18)25(26,27)28/h8-11,16,19,21H,3-7,12-15H2,1-2H3,(H,29,30)(H,31,34)/t21-/m0/s1. The Balaban J connectivity index is 1.70. The van der Waals surface area contributed by atoms with Gasteiger partial charge in [0.15, 0.2) is 0 Å². The molecule has 1 aliphatic rings. The molecule has 1 amide bonds. The third-order valence-electron chi connectivity index (χ3n) is 6.38. The number of likely N-dealkylation sites (tertiary alicyclic amines) is 1. The predicted octanol–water partition coefficient (Wildman–Crippen LogP) is 5.13. The summed E-state index contributed by atoms with van der Waals surface area (Å²) < 4.78 is 38.6. The van der Waals surface area contributed by atoms with Crippen LogP contribution in [0.25, 0.3) is 11.3 Å². The summed E-state index contributed by atoms with van der Waals surface area (Å²) in [6.45, 7) is 3.34. The van der Waals surface area contributed by atoms with Gasteiger partial charge in [-0.05, 0) is 70.4 Å². The van der Waals surface area contributed by atoms with Gasteiger partial charge in [0.25, 0.3) is 0 Å². The molecule has 1 atom stereocenters. The van der Waals surface area contributed by atoms with Gasteiger partial charge >= 0.3 is 6.18 Å². The van der Waals surface area contributed by atoms with Gasteiger partial charge in [0.05, 0.1) is 23.5 Å². The first-order chi connectivity index (χ1) is 16.1. The molecule has 0 saturated carbocycles. The van der Waals surface area contributed by atoms with E-state index in [1.807, 2.05) is 7.05 Å². The number of aromatic amines is 1. The topological polar surface area (TPSA) is 78.1 Å². The van der Waals surface area contributed by atoms with E-state index >= 15 is 0 Å². The van der Waals surface area contributed by atoms with E-state index in [9.17, 15) is 22.8 Å². The molecule has 0 bridgehead atoms. The van der Waals surface area contributed by atoms with Crippen molar-refractivity contribution in [2.45, 2.75) is 64.1 Å². The first kappa shape index (κ1) is 25.9. The number of benzene rings is 1. The van der Waals surface area contributed by atoms with Crippen molar-refractivity contribution in [1.29, 1.82) is 0 Å². The summed E-state index contributed by atoms with van der Waals surface area (Å²) in [5, 5.41) is 3.14. The average Bonchev–Trinajstić information content (AvgIpc) is 3.28. The van der Waals surface area contributed by atoms with Crippen LogP contribution >= 0.6 is 0 Å². The molecule has 2 heterocycles. The molecule has 186 valence electrons. The highest BCUT2D eigenvalue weighted by molar-refractivity contribution is 5.79. The fraction of sp³-hybridized carbons (Fsp3) is 0.560. The van der Waals surface area contributed by atoms with Crippen LogP contribution < -0.4 is 5.32 Å². The monoisotopic (exact) mass is 478 g/mol. The molecule has 0 unspecified atom stereocenters. The van der Waals surface area contributed by atoms with E-state index in [-0.39, 0.29) is 23.7 Å². The zero-order valence-corrected chi connectivity index (χ0v) is 19.8. The second-order valence-corrected chi connectivity index (χ2v) is 9.20. The molecular formula is C25H33F3N4O2. The van der Waals surface area contributed by atoms with E-state index in [0.29, 0.717) is 29.9 Å². The molecule has 1 fully saturated rings. The molecule has 0 spiro atoms. The lowest BCUT2D eigenvalue weighted by atomic mass is 9.95. The first-order valence-electron chi connectivity index (χ1n) is 11.8. The first-order valence-corrected chi connectivity index (χ1v) is 11.8. The molecule has 2 N–H and O–H groups in total. The number of rotatable bonds is 10. The molecule has 0 radical (unpaired) electrons. The van der Waals surface area contributed by atoms with Gasteiger partial charge in [-0.25, -0.2) is 4.98 Å². The minimum Gasteiger partial charge on any atom is -0.346 e. The largest absolute Gasteiger partial charge is 0.416 e. The van der Waals surface area contributed by atoms with Crippen molar-refractivity contribution in [3.63, 3.8) is 0 Å². The maximum absolute atomic E-state index is 13.0. The number of ketones is 1. The van der Waals surface area contributed by atoms with Gasteiger partial charge in [-0.1, -0.05) is 25.0 Å². The van der Waals surface area contributed by atoms with Crippen molar-refractivity contribution < 1.29 is 22.8 Å². The zero-order chi connectivity index (χ0) is 24.7. The normalized spacial score (nSPS) is 16.4. The molecule has 9 heteroatoms. The minimum atomic E-state index is -4.39. The zero-order valence-electron chi connectivity index (χ0n) is 19.8. The van der Waals surface area contributed by atoms with E-state index in [1.54, 1.807) is 13.1 Å². The number of halogens is 3. The van der Waals surface area contributed by atoms with Gasteiger partial charge < -0.3 is 20.0 Å². The van der Waals surface area contributed by atoms with Gasteiger partial charge in [0.1, 0.15) is 11.6 Å². The fourth-order valence-electron chi connectivity index (χ4n) is 4.24. The molecule has 3 rings (SSSR count). The van der Waals surface area contributed by atoms with Crippen molar-refractivity contribution in [2.75, 3.05) is 20.1 Å². The Hall–Kier alpha value is -2.68. The number of nitrogens with zero attached hydrogens (tertiary/aromatic N) is 2. The fourth-order valence-corrected chi connectivity index (χ4v) is 4.24. The number of H-pyrrole nitrogens is 1. The van der Waals surface area contributed by atoms with Gasteiger partial charge in [-0.15, -0.1) is 0 Å². The number of piperidine rings is 1. The van der Waals surface area contributed by atoms with Crippen molar-refractivity contribution in [3.05, 3.63) is 41.9 Å². The maximum atomic E-state index is 13.0. The summed E-state index contributed by atoms with van der Waals surface area (Å²) in [5.41, 5.74) is 0.484. The smallest absolute Gasteiger partial charge is 0.346 e. The van der Waals surface area contributed by atoms with Crippen LogP contribution in [0.1, 0.15) is 69.3 Å². The number of imidazole rings is 1. The molecule has 0 aliphatic carbocycles. The molecular weight excluding hydrogens is 445 g/mol. The Labute approximate surface area is 198 Å². The number of hydrogen-bond donors (Lipinski definition) is 2. The predicted molar refractivity (Wildman–Crippen MR) is 124 cm³/mol. The van der Waals surface area contributed by atoms with Crippen molar-refractivity contribution in [2.24, 2.45) is 5.92 Å². The lowest BCUT2D eigenvalue weighted by molar-refractivity contribution is -0.137. The Bertz CT molecular complexity index is 948. The number of aromatic nitrogens is 2. The summed E-state index contributed by atoms with van der Waals surface area (Å²) in [4.78, 5) is 34.0. The summed E-state index contributed by atoms with van der Waals surface area (Å²) in [5.74, 6) is 0.720. The maximum Gasteiger partial charge on any atom is 0.416 e. The van der Waals surface area contributed by atoms with E-state index < -0.39 is 11.7 Å². The minimum absolute atomic E-state index is 0.00863. The van der Waals surface area contributed by atoms with Crippen LogP contribution in [0.15, 0.2) is 30.5 Å². The van der Waals surface area contributed by atoms with Crippen LogP contribution in [-0.2, 0) is 15.8 Å². The Morgan fingerprint density at radius 1 is 1.15 bits per heavy atom. The van der Waals surface area contributed by atoms with E-state index in [1.165, 1.54) is 12.1 Å². The number of carbonyl (C=O) groups excluding carboxylic acids is 2. The van der Waals surface area contributed by atoms with Crippen molar-refractivity contribution in [3.8, 4) is 11.3 Å². The van der Waals surface area contributed by atoms with Crippen LogP contribution in [0.5, 0.6) is 0 Å². The highest BCUT2D eigenvalue weighted by Crippen LogP contribution is 2.31. The third kappa shape index (κ3) is 7.41. The van der Waals surface area contributed by atoms with Gasteiger partial charge in [0, 0.05) is 12.3 Å². The highest BCUT2D eigenvalue weighted by Gasteiger charge is 2.30. The summed E-state index contributed by atoms with van der Waals surface area (Å²) in [7, 11) is 2.05. The Morgan fingerprint density at radius 3 is 2.44 bits per heavy atom. The third-order valence-corrected chi connectivity index (χ3v) is 6.38. The highest BCUT2D eigenvalue weighted by atomic mass is 19.4. The van der Waals surface area contributed by atoms with Crippen molar-refractivity contribution in [1.82, 2.24) is 20.2 Å². The van der Waals surface area contributed by atoms with Gasteiger partial charge in [-0.3, -0.25) is 4.79 Å². The van der Waals surface area contributed by atoms with Gasteiger partial charge in [0.2, 0.25) is 5.91 Å². The van der Waals surface area contributed by atoms with Crippen LogP contribution in [0.3, 0.4) is 0 Å². The van der Waals surface area contributed by atoms with Gasteiger partial charge in [-0.2, -0.15) is 13.2 Å². The van der Waals surface area contributed by atoms with Crippen molar-refractivity contribution >= 4 is 11.7 Å². The molecule has 1 aromatic heterocycles. The lowest BCUT2D eigenvalue weighted by Gasteiger charge is -2.29. The number of Topliss-reactive ketones (excluding diaryl/α,β-unsaturated/α-hetero) is 1. The number of amides is 1. The molecule has 1 aliphatic heterocycles. The van der Waals surface area contributed by atoms with Crippen LogP contribution in [-0.4, -0.2) is 46.7 Å². The quantitative estimate of drug-likeness (QED) is 0.464. The van der Waals surface area contributed by atoms with E-state index in [4.69, 9.17) is 0 Å². The van der Waals surface area contributed by atoms with E-state index in [2.05, 4.69) is 20.2 Å². The molecule has 1 aromatic carbocycles. The van der Waals surface area contributed by atoms with Crippen LogP contribution in [0.2, 0.25) is 0 Å². The SMILES string of the molecule is CC(=O)CCCCC[C@H](NC(=O)C1CCN(C)CC1)c1ncc(-c2ccc(C(F)(F)F)cc2)[nH]1.